The van der Waals surface area contributed by atoms with Gasteiger partial charge in [-0.3, -0.25) is 0 Å². The van der Waals surface area contributed by atoms with Crippen LogP contribution in [0.3, 0.4) is 0 Å². The highest BCUT2D eigenvalue weighted by atomic mass is 79.9. The molecule has 0 atom stereocenters. The predicted molar refractivity (Wildman–Crippen MR) is 39.6 cm³/mol. The number of hydrogen-bond acceptors (Lipinski definition) is 3. The lowest BCUT2D eigenvalue weighted by molar-refractivity contribution is -0.381. The van der Waals surface area contributed by atoms with Gasteiger partial charge in [0.05, 0.1) is 5.38 Å². The molecule has 0 aliphatic rings. The zero-order valence-electron chi connectivity index (χ0n) is 6.26. The maximum absolute atomic E-state index is 8.37. The fourth-order valence-corrected chi connectivity index (χ4v) is 1.32. The van der Waals surface area contributed by atoms with Crippen LogP contribution >= 0.6 is 11.3 Å². The SMILES string of the molecule is C/C(=N/O)c1csc(C)[nH+]1.[Br-]. The quantitative estimate of drug-likeness (QED) is 0.345. The van der Waals surface area contributed by atoms with E-state index in [1.165, 1.54) is 0 Å². The Kier molecular flexibility index (Phi) is 4.29. The molecule has 0 saturated carbocycles. The van der Waals surface area contributed by atoms with Crippen molar-refractivity contribution in [2.45, 2.75) is 13.8 Å². The van der Waals surface area contributed by atoms with Crippen molar-refractivity contribution >= 4 is 17.0 Å². The Bertz CT molecular complexity index is 259. The monoisotopic (exact) mass is 236 g/mol. The van der Waals surface area contributed by atoms with Gasteiger partial charge in [0.2, 0.25) is 10.7 Å². The number of aryl methyl sites for hydroxylation is 1. The molecule has 1 heterocycles. The van der Waals surface area contributed by atoms with E-state index >= 15 is 0 Å². The summed E-state index contributed by atoms with van der Waals surface area (Å²) in [5, 5.41) is 14.5. The molecule has 1 aromatic rings. The Morgan fingerprint density at radius 3 is 2.73 bits per heavy atom. The summed E-state index contributed by atoms with van der Waals surface area (Å²) in [5.41, 5.74) is 1.49. The molecule has 1 rings (SSSR count). The van der Waals surface area contributed by atoms with Crippen LogP contribution in [0, 0.1) is 6.92 Å². The molecule has 0 aliphatic heterocycles. The van der Waals surface area contributed by atoms with Gasteiger partial charge in [-0.1, -0.05) is 16.5 Å². The Hall–Kier alpha value is -0.420. The number of hydrogen-bond donors (Lipinski definition) is 1. The first kappa shape index (κ1) is 10.6. The van der Waals surface area contributed by atoms with Crippen LogP contribution in [0.5, 0.6) is 0 Å². The van der Waals surface area contributed by atoms with Crippen LogP contribution in [0.4, 0.5) is 0 Å². The minimum atomic E-state index is 0. The molecule has 0 amide bonds. The largest absolute Gasteiger partial charge is 1.00 e. The first-order valence-electron chi connectivity index (χ1n) is 2.90. The van der Waals surface area contributed by atoms with Crippen molar-refractivity contribution in [3.05, 3.63) is 16.1 Å². The van der Waals surface area contributed by atoms with E-state index in [-0.39, 0.29) is 17.0 Å². The summed E-state index contributed by atoms with van der Waals surface area (Å²) in [7, 11) is 0. The number of H-pyrrole nitrogens is 1. The highest BCUT2D eigenvalue weighted by molar-refractivity contribution is 7.09. The number of halogens is 1. The maximum Gasteiger partial charge on any atom is 0.239 e. The van der Waals surface area contributed by atoms with Crippen LogP contribution in [0.25, 0.3) is 0 Å². The number of oxime groups is 1. The van der Waals surface area contributed by atoms with E-state index < -0.39 is 0 Å². The van der Waals surface area contributed by atoms with Gasteiger partial charge in [0.25, 0.3) is 0 Å². The molecule has 2 N–H and O–H groups in total. The fourth-order valence-electron chi connectivity index (χ4n) is 0.625. The lowest BCUT2D eigenvalue weighted by atomic mass is 10.3. The molecule has 5 heteroatoms. The zero-order valence-corrected chi connectivity index (χ0v) is 8.66. The van der Waals surface area contributed by atoms with Crippen LogP contribution < -0.4 is 22.0 Å². The molecule has 0 saturated heterocycles. The van der Waals surface area contributed by atoms with Crippen molar-refractivity contribution in [2.24, 2.45) is 5.16 Å². The van der Waals surface area contributed by atoms with Crippen molar-refractivity contribution in [1.29, 1.82) is 0 Å². The Balaban J connectivity index is 0.000001000. The first-order chi connectivity index (χ1) is 4.74. The summed E-state index contributed by atoms with van der Waals surface area (Å²) in [6.07, 6.45) is 0. The third-order valence-corrected chi connectivity index (χ3v) is 2.01. The second-order valence-corrected chi connectivity index (χ2v) is 3.10. The van der Waals surface area contributed by atoms with E-state index in [4.69, 9.17) is 5.21 Å². The van der Waals surface area contributed by atoms with Crippen molar-refractivity contribution in [2.75, 3.05) is 0 Å². The normalized spacial score (nSPS) is 10.9. The number of rotatable bonds is 1. The topological polar surface area (TPSA) is 46.7 Å². The van der Waals surface area contributed by atoms with Crippen LogP contribution in [-0.2, 0) is 0 Å². The van der Waals surface area contributed by atoms with Gasteiger partial charge in [0.1, 0.15) is 5.71 Å². The highest BCUT2D eigenvalue weighted by Crippen LogP contribution is 2.02. The van der Waals surface area contributed by atoms with E-state index in [1.807, 2.05) is 12.3 Å². The molecule has 0 radical (unpaired) electrons. The van der Waals surface area contributed by atoms with Crippen LogP contribution in [0.1, 0.15) is 17.6 Å². The van der Waals surface area contributed by atoms with Gasteiger partial charge < -0.3 is 22.2 Å². The van der Waals surface area contributed by atoms with Crippen LogP contribution in [0.2, 0.25) is 0 Å². The Morgan fingerprint density at radius 2 is 2.36 bits per heavy atom. The Morgan fingerprint density at radius 1 is 1.73 bits per heavy atom. The molecule has 0 aliphatic carbocycles. The molecule has 11 heavy (non-hydrogen) atoms. The molecule has 1 aromatic heterocycles. The summed E-state index contributed by atoms with van der Waals surface area (Å²) < 4.78 is 0. The lowest BCUT2D eigenvalue weighted by Gasteiger charge is -1.80. The van der Waals surface area contributed by atoms with Crippen molar-refractivity contribution in [1.82, 2.24) is 0 Å². The first-order valence-corrected chi connectivity index (χ1v) is 3.78. The van der Waals surface area contributed by atoms with Gasteiger partial charge in [-0.25, -0.2) is 0 Å². The van der Waals surface area contributed by atoms with Gasteiger partial charge in [0, 0.05) is 6.92 Å². The van der Waals surface area contributed by atoms with Gasteiger partial charge in [0.15, 0.2) is 0 Å². The van der Waals surface area contributed by atoms with Crippen molar-refractivity contribution < 1.29 is 27.2 Å². The third kappa shape index (κ3) is 2.59. The second kappa shape index (κ2) is 4.46. The summed E-state index contributed by atoms with van der Waals surface area (Å²) >= 11 is 1.60. The molecule has 0 fully saturated rings. The van der Waals surface area contributed by atoms with Gasteiger partial charge in [-0.05, 0) is 6.92 Å². The van der Waals surface area contributed by atoms with Crippen molar-refractivity contribution in [3.63, 3.8) is 0 Å². The average molecular weight is 237 g/mol. The Labute approximate surface area is 79.5 Å². The van der Waals surface area contributed by atoms with Gasteiger partial charge in [-0.2, -0.15) is 4.98 Å². The smallest absolute Gasteiger partial charge is 0.239 e. The number of aromatic nitrogens is 1. The van der Waals surface area contributed by atoms with Crippen LogP contribution in [-0.4, -0.2) is 10.9 Å². The molecule has 0 unspecified atom stereocenters. The summed E-state index contributed by atoms with van der Waals surface area (Å²) in [6.45, 7) is 3.72. The van der Waals surface area contributed by atoms with Crippen LogP contribution in [0.15, 0.2) is 10.5 Å². The molecular formula is C6H9BrN2OS. The minimum Gasteiger partial charge on any atom is -1.00 e. The van der Waals surface area contributed by atoms with Gasteiger partial charge >= 0.3 is 0 Å². The van der Waals surface area contributed by atoms with E-state index in [2.05, 4.69) is 10.1 Å². The standard InChI is InChI=1S/C6H8N2OS.BrH/c1-4(8-9)6-3-10-5(2)7-6;/h3,9H,1-2H3;1H/b8-4-;. The highest BCUT2D eigenvalue weighted by Gasteiger charge is 2.08. The van der Waals surface area contributed by atoms with E-state index in [0.29, 0.717) is 5.71 Å². The van der Waals surface area contributed by atoms with E-state index in [9.17, 15) is 0 Å². The number of nitrogens with one attached hydrogen (secondary N) is 1. The predicted octanol–water partition coefficient (Wildman–Crippen LogP) is -1.93. The molecule has 0 bridgehead atoms. The van der Waals surface area contributed by atoms with Gasteiger partial charge in [-0.15, -0.1) is 0 Å². The summed E-state index contributed by atoms with van der Waals surface area (Å²) in [4.78, 5) is 3.05. The van der Waals surface area contributed by atoms with E-state index in [0.717, 1.165) is 10.7 Å². The van der Waals surface area contributed by atoms with E-state index in [1.54, 1.807) is 18.3 Å². The molecule has 3 nitrogen and oxygen atoms in total. The van der Waals surface area contributed by atoms with Crippen molar-refractivity contribution in [3.8, 4) is 0 Å². The zero-order chi connectivity index (χ0) is 7.56. The summed E-state index contributed by atoms with van der Waals surface area (Å²) in [5.74, 6) is 0. The average Bonchev–Trinajstić information content (AvgIpc) is 2.34. The molecule has 62 valence electrons. The molecular weight excluding hydrogens is 228 g/mol. The number of aromatic amines is 1. The maximum atomic E-state index is 8.37. The number of nitrogens with zero attached hydrogens (tertiary/aromatic N) is 1. The second-order valence-electron chi connectivity index (χ2n) is 2.02. The minimum absolute atomic E-state index is 0. The third-order valence-electron chi connectivity index (χ3n) is 1.20. The summed E-state index contributed by atoms with van der Waals surface area (Å²) in [6, 6.07) is 0. The molecule has 0 spiro atoms. The number of thiazole rings is 1. The lowest BCUT2D eigenvalue weighted by Crippen LogP contribution is -3.00. The molecule has 0 aromatic carbocycles. The fraction of sp³-hybridized carbons (Fsp3) is 0.333.